The van der Waals surface area contributed by atoms with Gasteiger partial charge in [-0.15, -0.1) is 35.7 Å². The molecule has 0 atom stereocenters. The van der Waals surface area contributed by atoms with Crippen molar-refractivity contribution in [2.45, 2.75) is 31.7 Å². The van der Waals surface area contributed by atoms with Crippen LogP contribution in [0.4, 0.5) is 0 Å². The number of aryl methyl sites for hydroxylation is 1. The number of methoxy groups -OCH3 is 1. The number of hydrogen-bond donors (Lipinski definition) is 3. The Hall–Kier alpha value is -1.61. The topological polar surface area (TPSA) is 65.9 Å². The first-order valence-corrected chi connectivity index (χ1v) is 10.3. The van der Waals surface area contributed by atoms with Gasteiger partial charge < -0.3 is 20.5 Å². The van der Waals surface area contributed by atoms with Crippen LogP contribution in [0.5, 0.6) is 11.5 Å². The molecule has 28 heavy (non-hydrogen) atoms. The summed E-state index contributed by atoms with van der Waals surface area (Å²) in [5.74, 6) is 1.47. The van der Waals surface area contributed by atoms with Crippen molar-refractivity contribution in [3.63, 3.8) is 0 Å². The van der Waals surface area contributed by atoms with Gasteiger partial charge in [-0.3, -0.25) is 0 Å². The molecule has 5 nitrogen and oxygen atoms in total. The molecule has 0 saturated heterocycles. The van der Waals surface area contributed by atoms with E-state index in [2.05, 4.69) is 42.0 Å². The highest BCUT2D eigenvalue weighted by atomic mass is 127. The number of rotatable bonds is 8. The highest BCUT2D eigenvalue weighted by molar-refractivity contribution is 14.0. The predicted molar refractivity (Wildman–Crippen MR) is 130 cm³/mol. The number of halogens is 1. The van der Waals surface area contributed by atoms with E-state index < -0.39 is 0 Å². The minimum absolute atomic E-state index is 0. The molecule has 3 N–H and O–H groups in total. The first-order valence-electron chi connectivity index (χ1n) is 9.09. The van der Waals surface area contributed by atoms with Gasteiger partial charge in [0.05, 0.1) is 13.7 Å². The van der Waals surface area contributed by atoms with Crippen LogP contribution in [-0.2, 0) is 13.0 Å². The Bertz CT molecular complexity index is 784. The molecule has 0 fully saturated rings. The van der Waals surface area contributed by atoms with Gasteiger partial charge in [-0.1, -0.05) is 24.3 Å². The van der Waals surface area contributed by atoms with Crippen LogP contribution in [0.1, 0.15) is 23.6 Å². The van der Waals surface area contributed by atoms with E-state index in [4.69, 9.17) is 9.73 Å². The maximum Gasteiger partial charge on any atom is 0.191 e. The van der Waals surface area contributed by atoms with Gasteiger partial charge in [0.25, 0.3) is 0 Å². The van der Waals surface area contributed by atoms with E-state index in [1.54, 1.807) is 24.9 Å². The highest BCUT2D eigenvalue weighted by Gasteiger charge is 2.07. The number of phenolic OH excluding ortho intramolecular Hbond substituents is 1. The lowest BCUT2D eigenvalue weighted by Gasteiger charge is -2.13. The van der Waals surface area contributed by atoms with Crippen LogP contribution in [0.3, 0.4) is 0 Å². The second-order valence-corrected chi connectivity index (χ2v) is 7.00. The van der Waals surface area contributed by atoms with Gasteiger partial charge in [0, 0.05) is 18.0 Å². The number of guanidine groups is 1. The zero-order valence-corrected chi connectivity index (χ0v) is 20.1. The molecule has 2 rings (SSSR count). The Morgan fingerprint density at radius 1 is 1.18 bits per heavy atom. The SMILES string of the molecule is CCNC(=NCc1ccc(C)cc1SC)NCCc1cccc(OC)c1O.I. The molecule has 0 aliphatic heterocycles. The van der Waals surface area contributed by atoms with Gasteiger partial charge in [0.15, 0.2) is 17.5 Å². The van der Waals surface area contributed by atoms with Crippen LogP contribution >= 0.6 is 35.7 Å². The summed E-state index contributed by atoms with van der Waals surface area (Å²) in [6.07, 6.45) is 2.76. The number of aromatic hydroxyl groups is 1. The summed E-state index contributed by atoms with van der Waals surface area (Å²) < 4.78 is 5.16. The largest absolute Gasteiger partial charge is 0.504 e. The lowest BCUT2D eigenvalue weighted by Crippen LogP contribution is -2.38. The Labute approximate surface area is 189 Å². The molecule has 7 heteroatoms. The van der Waals surface area contributed by atoms with E-state index in [0.29, 0.717) is 25.3 Å². The smallest absolute Gasteiger partial charge is 0.191 e. The second kappa shape index (κ2) is 12.8. The van der Waals surface area contributed by atoms with Crippen molar-refractivity contribution in [2.75, 3.05) is 26.5 Å². The molecule has 0 radical (unpaired) electrons. The molecule has 2 aromatic carbocycles. The van der Waals surface area contributed by atoms with E-state index in [-0.39, 0.29) is 29.7 Å². The van der Waals surface area contributed by atoms with E-state index in [1.807, 2.05) is 19.1 Å². The van der Waals surface area contributed by atoms with Gasteiger partial charge in [-0.25, -0.2) is 4.99 Å². The number of benzene rings is 2. The van der Waals surface area contributed by atoms with Crippen molar-refractivity contribution in [1.82, 2.24) is 10.6 Å². The Morgan fingerprint density at radius 3 is 2.64 bits per heavy atom. The number of nitrogens with one attached hydrogen (secondary N) is 2. The molecule has 0 amide bonds. The number of para-hydroxylation sites is 1. The maximum atomic E-state index is 10.2. The lowest BCUT2D eigenvalue weighted by atomic mass is 10.1. The summed E-state index contributed by atoms with van der Waals surface area (Å²) in [7, 11) is 1.56. The van der Waals surface area contributed by atoms with Crippen molar-refractivity contribution < 1.29 is 9.84 Å². The molecule has 2 aromatic rings. The third-order valence-electron chi connectivity index (χ3n) is 4.18. The number of thioether (sulfide) groups is 1. The monoisotopic (exact) mass is 515 g/mol. The molecule has 0 saturated carbocycles. The summed E-state index contributed by atoms with van der Waals surface area (Å²) in [5.41, 5.74) is 3.33. The Morgan fingerprint density at radius 2 is 1.96 bits per heavy atom. The van der Waals surface area contributed by atoms with Crippen molar-refractivity contribution in [2.24, 2.45) is 4.99 Å². The highest BCUT2D eigenvalue weighted by Crippen LogP contribution is 2.29. The van der Waals surface area contributed by atoms with Crippen molar-refractivity contribution in [1.29, 1.82) is 0 Å². The van der Waals surface area contributed by atoms with Gasteiger partial charge in [0.1, 0.15) is 0 Å². The van der Waals surface area contributed by atoms with E-state index in [9.17, 15) is 5.11 Å². The molecule has 0 bridgehead atoms. The molecule has 0 aromatic heterocycles. The zero-order chi connectivity index (χ0) is 19.6. The van der Waals surface area contributed by atoms with Crippen molar-refractivity contribution in [3.05, 3.63) is 53.1 Å². The van der Waals surface area contributed by atoms with E-state index >= 15 is 0 Å². The Kier molecular flexibility index (Phi) is 11.1. The lowest BCUT2D eigenvalue weighted by molar-refractivity contribution is 0.370. The van der Waals surface area contributed by atoms with Crippen LogP contribution in [-0.4, -0.2) is 37.5 Å². The quantitative estimate of drug-likeness (QED) is 0.211. The molecule has 0 spiro atoms. The number of aliphatic imine (C=N–C) groups is 1. The predicted octanol–water partition coefficient (Wildman–Crippen LogP) is 4.35. The average molecular weight is 515 g/mol. The molecular formula is C21H30IN3O2S. The number of phenols is 1. The fraction of sp³-hybridized carbons (Fsp3) is 0.381. The van der Waals surface area contributed by atoms with Gasteiger partial charge >= 0.3 is 0 Å². The van der Waals surface area contributed by atoms with Gasteiger partial charge in [0.2, 0.25) is 0 Å². The fourth-order valence-electron chi connectivity index (χ4n) is 2.74. The standard InChI is InChI=1S/C21H29N3O2S.HI/c1-5-22-21(24-14-17-10-9-15(2)13-19(17)27-4)23-12-11-16-7-6-8-18(26-3)20(16)25;/h6-10,13,25H,5,11-12,14H2,1-4H3,(H2,22,23,24);1H. The van der Waals surface area contributed by atoms with Crippen LogP contribution < -0.4 is 15.4 Å². The third kappa shape index (κ3) is 7.09. The minimum atomic E-state index is 0. The van der Waals surface area contributed by atoms with E-state index in [1.165, 1.54) is 16.0 Å². The minimum Gasteiger partial charge on any atom is -0.504 e. The maximum absolute atomic E-state index is 10.2. The van der Waals surface area contributed by atoms with Crippen LogP contribution in [0.2, 0.25) is 0 Å². The number of ether oxygens (including phenoxy) is 1. The summed E-state index contributed by atoms with van der Waals surface area (Å²) in [5, 5.41) is 16.8. The number of hydrogen-bond acceptors (Lipinski definition) is 4. The summed E-state index contributed by atoms with van der Waals surface area (Å²) in [4.78, 5) is 5.96. The Balaban J connectivity index is 0.00000392. The fourth-order valence-corrected chi connectivity index (χ4v) is 3.44. The van der Waals surface area contributed by atoms with Crippen molar-refractivity contribution >= 4 is 41.7 Å². The zero-order valence-electron chi connectivity index (χ0n) is 16.9. The first-order chi connectivity index (χ1) is 13.1. The van der Waals surface area contributed by atoms with Crippen molar-refractivity contribution in [3.8, 4) is 11.5 Å². The van der Waals surface area contributed by atoms with Gasteiger partial charge in [-0.05, 0) is 55.3 Å². The molecule has 0 aliphatic rings. The molecule has 0 heterocycles. The molecule has 0 aliphatic carbocycles. The second-order valence-electron chi connectivity index (χ2n) is 6.16. The van der Waals surface area contributed by atoms with Crippen LogP contribution in [0.15, 0.2) is 46.3 Å². The molecule has 154 valence electrons. The molecule has 0 unspecified atom stereocenters. The van der Waals surface area contributed by atoms with Crippen LogP contribution in [0.25, 0.3) is 0 Å². The first kappa shape index (κ1) is 24.4. The number of nitrogens with zero attached hydrogens (tertiary/aromatic N) is 1. The molecular weight excluding hydrogens is 485 g/mol. The van der Waals surface area contributed by atoms with Gasteiger partial charge in [-0.2, -0.15) is 0 Å². The average Bonchev–Trinajstić information content (AvgIpc) is 2.68. The summed E-state index contributed by atoms with van der Waals surface area (Å²) >= 11 is 1.75. The summed E-state index contributed by atoms with van der Waals surface area (Å²) in [6.45, 7) is 6.22. The third-order valence-corrected chi connectivity index (χ3v) is 5.00. The normalized spacial score (nSPS) is 10.9. The summed E-state index contributed by atoms with van der Waals surface area (Å²) in [6, 6.07) is 12.0. The van der Waals surface area contributed by atoms with Crippen LogP contribution in [0, 0.1) is 6.92 Å². The van der Waals surface area contributed by atoms with E-state index in [0.717, 1.165) is 18.1 Å².